The molecule has 2 aromatic carbocycles. The number of likely N-dealkylation sites (N-methyl/N-ethyl adjacent to an activating group) is 1. The van der Waals surface area contributed by atoms with Crippen LogP contribution in [0.3, 0.4) is 0 Å². The van der Waals surface area contributed by atoms with Crippen LogP contribution in [0.2, 0.25) is 0 Å². The first-order valence-corrected chi connectivity index (χ1v) is 8.61. The third kappa shape index (κ3) is 2.64. The summed E-state index contributed by atoms with van der Waals surface area (Å²) < 4.78 is 14.0. The lowest BCUT2D eigenvalue weighted by atomic mass is 10.1. The Balaban J connectivity index is 1.54. The molecule has 3 atom stereocenters. The molecule has 4 rings (SSSR count). The Morgan fingerprint density at radius 3 is 2.64 bits per heavy atom. The van der Waals surface area contributed by atoms with Crippen LogP contribution in [0.1, 0.15) is 23.7 Å². The summed E-state index contributed by atoms with van der Waals surface area (Å²) in [6, 6.07) is 13.7. The molecule has 1 aliphatic heterocycles. The number of hydrogen-bond acceptors (Lipinski definition) is 3. The number of nitrogens with zero attached hydrogens (tertiary/aromatic N) is 2. The number of aliphatic hydroxyl groups is 1. The standard InChI is InChI=1S/C20H21FN2O2/c1-22(18-12-13-6-2-3-7-14(13)19(18)24)17-10-11-23(20(17)25)16-9-5-4-8-15(16)21/h2-9,17-19,24H,10-12H2,1H3. The van der Waals surface area contributed by atoms with Crippen molar-refractivity contribution in [3.8, 4) is 0 Å². The van der Waals surface area contributed by atoms with Gasteiger partial charge in [0.1, 0.15) is 5.82 Å². The summed E-state index contributed by atoms with van der Waals surface area (Å²) in [6.07, 6.45) is 0.747. The van der Waals surface area contributed by atoms with Crippen LogP contribution in [0.4, 0.5) is 10.1 Å². The number of fused-ring (bicyclic) bond motifs is 1. The van der Waals surface area contributed by atoms with Gasteiger partial charge in [0.15, 0.2) is 0 Å². The van der Waals surface area contributed by atoms with Gasteiger partial charge in [0.05, 0.1) is 17.8 Å². The van der Waals surface area contributed by atoms with Gasteiger partial charge in [0.2, 0.25) is 5.91 Å². The summed E-state index contributed by atoms with van der Waals surface area (Å²) in [5.41, 5.74) is 2.40. The summed E-state index contributed by atoms with van der Waals surface area (Å²) in [4.78, 5) is 16.4. The van der Waals surface area contributed by atoms with Crippen LogP contribution in [0.5, 0.6) is 0 Å². The van der Waals surface area contributed by atoms with Gasteiger partial charge in [-0.15, -0.1) is 0 Å². The van der Waals surface area contributed by atoms with E-state index >= 15 is 0 Å². The highest BCUT2D eigenvalue weighted by Gasteiger charge is 2.42. The Morgan fingerprint density at radius 1 is 1.16 bits per heavy atom. The number of aliphatic hydroxyl groups excluding tert-OH is 1. The zero-order valence-electron chi connectivity index (χ0n) is 14.1. The molecule has 2 aromatic rings. The Kier molecular flexibility index (Phi) is 4.06. The van der Waals surface area contributed by atoms with Crippen molar-refractivity contribution in [1.82, 2.24) is 4.90 Å². The van der Waals surface area contributed by atoms with Crippen molar-refractivity contribution in [3.63, 3.8) is 0 Å². The molecule has 0 spiro atoms. The second-order valence-electron chi connectivity index (χ2n) is 6.83. The van der Waals surface area contributed by atoms with Crippen LogP contribution in [-0.2, 0) is 11.2 Å². The second kappa shape index (κ2) is 6.24. The highest BCUT2D eigenvalue weighted by molar-refractivity contribution is 5.99. The number of benzene rings is 2. The average Bonchev–Trinajstić information content (AvgIpc) is 3.16. The average molecular weight is 340 g/mol. The van der Waals surface area contributed by atoms with E-state index in [0.717, 1.165) is 17.5 Å². The van der Waals surface area contributed by atoms with Crippen LogP contribution in [0.25, 0.3) is 0 Å². The van der Waals surface area contributed by atoms with Crippen LogP contribution >= 0.6 is 0 Å². The lowest BCUT2D eigenvalue weighted by Crippen LogP contribution is -2.46. The number of rotatable bonds is 3. The fourth-order valence-electron chi connectivity index (χ4n) is 4.10. The van der Waals surface area contributed by atoms with E-state index in [1.165, 1.54) is 11.0 Å². The number of halogens is 1. The lowest BCUT2D eigenvalue weighted by Gasteiger charge is -2.31. The van der Waals surface area contributed by atoms with Crippen molar-refractivity contribution in [2.45, 2.75) is 31.0 Å². The van der Waals surface area contributed by atoms with Gasteiger partial charge in [-0.3, -0.25) is 9.69 Å². The monoisotopic (exact) mass is 340 g/mol. The molecule has 0 saturated carbocycles. The van der Waals surface area contributed by atoms with E-state index in [9.17, 15) is 14.3 Å². The number of amides is 1. The van der Waals surface area contributed by atoms with Gasteiger partial charge in [-0.25, -0.2) is 4.39 Å². The maximum absolute atomic E-state index is 14.0. The Bertz CT molecular complexity index is 810. The van der Waals surface area contributed by atoms with E-state index < -0.39 is 6.10 Å². The molecule has 1 aliphatic carbocycles. The van der Waals surface area contributed by atoms with Crippen LogP contribution in [0.15, 0.2) is 48.5 Å². The normalized spacial score (nSPS) is 25.7. The first-order chi connectivity index (χ1) is 12.1. The van der Waals surface area contributed by atoms with Crippen LogP contribution in [-0.4, -0.2) is 41.6 Å². The zero-order chi connectivity index (χ0) is 17.6. The maximum Gasteiger partial charge on any atom is 0.244 e. The fraction of sp³-hybridized carbons (Fsp3) is 0.350. The summed E-state index contributed by atoms with van der Waals surface area (Å²) in [6.45, 7) is 0.491. The van der Waals surface area contributed by atoms with Crippen molar-refractivity contribution < 1.29 is 14.3 Å². The van der Waals surface area contributed by atoms with Crippen molar-refractivity contribution in [3.05, 3.63) is 65.5 Å². The smallest absolute Gasteiger partial charge is 0.244 e. The van der Waals surface area contributed by atoms with Gasteiger partial charge in [-0.2, -0.15) is 0 Å². The van der Waals surface area contributed by atoms with E-state index in [4.69, 9.17) is 0 Å². The topological polar surface area (TPSA) is 43.8 Å². The highest BCUT2D eigenvalue weighted by Crippen LogP contribution is 2.36. The zero-order valence-corrected chi connectivity index (χ0v) is 14.1. The molecule has 1 N–H and O–H groups in total. The largest absolute Gasteiger partial charge is 0.387 e. The molecule has 0 bridgehead atoms. The lowest BCUT2D eigenvalue weighted by molar-refractivity contribution is -0.122. The second-order valence-corrected chi connectivity index (χ2v) is 6.83. The van der Waals surface area contributed by atoms with Gasteiger partial charge in [0.25, 0.3) is 0 Å². The maximum atomic E-state index is 14.0. The van der Waals surface area contributed by atoms with Crippen molar-refractivity contribution in [1.29, 1.82) is 0 Å². The molecule has 1 heterocycles. The minimum absolute atomic E-state index is 0.101. The Hall–Kier alpha value is -2.24. The SMILES string of the molecule is CN(C1CCN(c2ccccc2F)C1=O)C1Cc2ccccc2C1O. The summed E-state index contributed by atoms with van der Waals surface area (Å²) >= 11 is 0. The van der Waals surface area contributed by atoms with Gasteiger partial charge in [-0.05, 0) is 43.1 Å². The molecule has 0 radical (unpaired) electrons. The van der Waals surface area contributed by atoms with E-state index in [1.54, 1.807) is 18.2 Å². The molecule has 1 fully saturated rings. The molecule has 1 saturated heterocycles. The molecular formula is C20H21FN2O2. The molecule has 3 unspecified atom stereocenters. The molecular weight excluding hydrogens is 319 g/mol. The third-order valence-corrected chi connectivity index (χ3v) is 5.50. The van der Waals surface area contributed by atoms with Gasteiger partial charge < -0.3 is 10.0 Å². The first-order valence-electron chi connectivity index (χ1n) is 8.61. The fourth-order valence-corrected chi connectivity index (χ4v) is 4.10. The summed E-state index contributed by atoms with van der Waals surface area (Å²) in [5, 5.41) is 10.7. The molecule has 130 valence electrons. The minimum atomic E-state index is -0.600. The third-order valence-electron chi connectivity index (χ3n) is 5.50. The number of hydrogen-bond donors (Lipinski definition) is 1. The first kappa shape index (κ1) is 16.2. The van der Waals surface area contributed by atoms with Crippen LogP contribution in [0, 0.1) is 5.82 Å². The molecule has 1 amide bonds. The van der Waals surface area contributed by atoms with E-state index in [0.29, 0.717) is 18.7 Å². The van der Waals surface area contributed by atoms with E-state index in [-0.39, 0.29) is 23.8 Å². The minimum Gasteiger partial charge on any atom is -0.387 e. The number of carbonyl (C=O) groups excluding carboxylic acids is 1. The molecule has 25 heavy (non-hydrogen) atoms. The predicted octanol–water partition coefficient (Wildman–Crippen LogP) is 2.52. The number of para-hydroxylation sites is 1. The predicted molar refractivity (Wildman–Crippen MR) is 93.8 cm³/mol. The highest BCUT2D eigenvalue weighted by atomic mass is 19.1. The van der Waals surface area contributed by atoms with Gasteiger partial charge in [0, 0.05) is 12.6 Å². The molecule has 4 nitrogen and oxygen atoms in total. The van der Waals surface area contributed by atoms with Crippen molar-refractivity contribution in [2.24, 2.45) is 0 Å². The summed E-state index contributed by atoms with van der Waals surface area (Å²) in [7, 11) is 1.88. The van der Waals surface area contributed by atoms with Crippen LogP contribution < -0.4 is 4.90 Å². The van der Waals surface area contributed by atoms with E-state index in [2.05, 4.69) is 0 Å². The number of carbonyl (C=O) groups is 1. The number of anilines is 1. The van der Waals surface area contributed by atoms with Crippen molar-refractivity contribution in [2.75, 3.05) is 18.5 Å². The van der Waals surface area contributed by atoms with Crippen molar-refractivity contribution >= 4 is 11.6 Å². The van der Waals surface area contributed by atoms with Gasteiger partial charge >= 0.3 is 0 Å². The Labute approximate surface area is 146 Å². The Morgan fingerprint density at radius 2 is 1.88 bits per heavy atom. The molecule has 0 aromatic heterocycles. The van der Waals surface area contributed by atoms with Gasteiger partial charge in [-0.1, -0.05) is 36.4 Å². The molecule has 2 aliphatic rings. The molecule has 5 heteroatoms. The van der Waals surface area contributed by atoms with E-state index in [1.807, 2.05) is 36.2 Å². The quantitative estimate of drug-likeness (QED) is 0.934. The summed E-state index contributed by atoms with van der Waals surface area (Å²) in [5.74, 6) is -0.483.